The zero-order valence-electron chi connectivity index (χ0n) is 13.9. The van der Waals surface area contributed by atoms with Gasteiger partial charge in [-0.2, -0.15) is 0 Å². The number of hydrogen-bond acceptors (Lipinski definition) is 4. The Morgan fingerprint density at radius 1 is 1.09 bits per heavy atom. The molecule has 1 saturated heterocycles. The predicted molar refractivity (Wildman–Crippen MR) is 91.7 cm³/mol. The monoisotopic (exact) mass is 333 g/mol. The molecule has 8 heteroatoms. The van der Waals surface area contributed by atoms with Gasteiger partial charge in [-0.1, -0.05) is 6.42 Å². The maximum Gasteiger partial charge on any atom is 0.211 e. The Morgan fingerprint density at radius 3 is 2.45 bits per heavy atom. The highest BCUT2D eigenvalue weighted by molar-refractivity contribution is 7.89. The molecular formula is C14H31N5O2S. The minimum atomic E-state index is -3.13. The summed E-state index contributed by atoms with van der Waals surface area (Å²) >= 11 is 0. The molecule has 0 bridgehead atoms. The number of guanidine groups is 1. The van der Waals surface area contributed by atoms with E-state index in [0.717, 1.165) is 25.6 Å². The van der Waals surface area contributed by atoms with E-state index in [1.165, 1.54) is 32.4 Å². The van der Waals surface area contributed by atoms with Crippen molar-refractivity contribution in [1.82, 2.24) is 20.3 Å². The zero-order valence-corrected chi connectivity index (χ0v) is 14.7. The molecule has 1 aliphatic rings. The normalized spacial score (nSPS) is 17.5. The SMILES string of the molecule is CCNC(=NCCNS(=O)(=O)CC)NCCN1CCCCC1. The molecular weight excluding hydrogens is 302 g/mol. The number of nitrogens with one attached hydrogen (secondary N) is 3. The summed E-state index contributed by atoms with van der Waals surface area (Å²) in [5.74, 6) is 0.848. The zero-order chi connectivity index (χ0) is 16.3. The number of sulfonamides is 1. The molecule has 0 aromatic rings. The van der Waals surface area contributed by atoms with Gasteiger partial charge in [0.2, 0.25) is 10.0 Å². The first-order valence-electron chi connectivity index (χ1n) is 8.29. The van der Waals surface area contributed by atoms with Crippen molar-refractivity contribution in [3.8, 4) is 0 Å². The van der Waals surface area contributed by atoms with Crippen LogP contribution in [-0.4, -0.2) is 70.8 Å². The summed E-state index contributed by atoms with van der Waals surface area (Å²) in [6, 6.07) is 0. The first-order valence-corrected chi connectivity index (χ1v) is 9.94. The van der Waals surface area contributed by atoms with E-state index in [2.05, 4.69) is 25.2 Å². The van der Waals surface area contributed by atoms with Crippen LogP contribution in [0.25, 0.3) is 0 Å². The van der Waals surface area contributed by atoms with Crippen LogP contribution < -0.4 is 15.4 Å². The summed E-state index contributed by atoms with van der Waals surface area (Å²) in [5.41, 5.74) is 0. The first kappa shape index (κ1) is 19.2. The van der Waals surface area contributed by atoms with Gasteiger partial charge in [0.05, 0.1) is 12.3 Å². The average Bonchev–Trinajstić information content (AvgIpc) is 2.52. The van der Waals surface area contributed by atoms with Crippen molar-refractivity contribution in [3.05, 3.63) is 0 Å². The van der Waals surface area contributed by atoms with Crippen LogP contribution >= 0.6 is 0 Å². The smallest absolute Gasteiger partial charge is 0.211 e. The van der Waals surface area contributed by atoms with Crippen LogP contribution in [0, 0.1) is 0 Å². The number of likely N-dealkylation sites (tertiary alicyclic amines) is 1. The topological polar surface area (TPSA) is 85.8 Å². The van der Waals surface area contributed by atoms with E-state index < -0.39 is 10.0 Å². The summed E-state index contributed by atoms with van der Waals surface area (Å²) in [7, 11) is -3.13. The summed E-state index contributed by atoms with van der Waals surface area (Å²) in [5, 5.41) is 6.47. The van der Waals surface area contributed by atoms with E-state index in [4.69, 9.17) is 0 Å². The van der Waals surface area contributed by atoms with E-state index in [0.29, 0.717) is 13.1 Å². The quantitative estimate of drug-likeness (QED) is 0.313. The molecule has 7 nitrogen and oxygen atoms in total. The molecule has 1 rings (SSSR count). The molecule has 0 unspecified atom stereocenters. The molecule has 1 aliphatic heterocycles. The fraction of sp³-hybridized carbons (Fsp3) is 0.929. The van der Waals surface area contributed by atoms with Crippen LogP contribution in [-0.2, 0) is 10.0 Å². The van der Waals surface area contributed by atoms with E-state index in [-0.39, 0.29) is 5.75 Å². The number of piperidine rings is 1. The molecule has 0 amide bonds. The van der Waals surface area contributed by atoms with Gasteiger partial charge in [-0.3, -0.25) is 4.99 Å². The van der Waals surface area contributed by atoms with Gasteiger partial charge < -0.3 is 15.5 Å². The molecule has 22 heavy (non-hydrogen) atoms. The molecule has 0 atom stereocenters. The second kappa shape index (κ2) is 10.8. The maximum absolute atomic E-state index is 11.3. The van der Waals surface area contributed by atoms with Gasteiger partial charge in [0.25, 0.3) is 0 Å². The van der Waals surface area contributed by atoms with Crippen LogP contribution in [0.15, 0.2) is 4.99 Å². The third kappa shape index (κ3) is 8.55. The van der Waals surface area contributed by atoms with Gasteiger partial charge >= 0.3 is 0 Å². The summed E-state index contributed by atoms with van der Waals surface area (Å²) in [4.78, 5) is 6.85. The van der Waals surface area contributed by atoms with E-state index >= 15 is 0 Å². The van der Waals surface area contributed by atoms with Crippen LogP contribution in [0.3, 0.4) is 0 Å². The summed E-state index contributed by atoms with van der Waals surface area (Å²) in [6.07, 6.45) is 3.94. The number of rotatable bonds is 9. The van der Waals surface area contributed by atoms with Gasteiger partial charge in [0, 0.05) is 26.2 Å². The molecule has 0 saturated carbocycles. The Hall–Kier alpha value is -0.860. The molecule has 130 valence electrons. The molecule has 0 aromatic heterocycles. The lowest BCUT2D eigenvalue weighted by Gasteiger charge is -2.26. The third-order valence-corrected chi connectivity index (χ3v) is 5.00. The average molecular weight is 334 g/mol. The molecule has 0 spiro atoms. The fourth-order valence-electron chi connectivity index (χ4n) is 2.33. The lowest BCUT2D eigenvalue weighted by Crippen LogP contribution is -2.43. The number of aliphatic imine (C=N–C) groups is 1. The molecule has 3 N–H and O–H groups in total. The Kier molecular flexibility index (Phi) is 9.42. The van der Waals surface area contributed by atoms with E-state index in [9.17, 15) is 8.42 Å². The second-order valence-corrected chi connectivity index (χ2v) is 7.48. The lowest BCUT2D eigenvalue weighted by atomic mass is 10.1. The van der Waals surface area contributed by atoms with Gasteiger partial charge in [0.1, 0.15) is 0 Å². The van der Waals surface area contributed by atoms with Crippen LogP contribution in [0.1, 0.15) is 33.1 Å². The van der Waals surface area contributed by atoms with Gasteiger partial charge in [-0.15, -0.1) is 0 Å². The van der Waals surface area contributed by atoms with Crippen molar-refractivity contribution < 1.29 is 8.42 Å². The van der Waals surface area contributed by atoms with Gasteiger partial charge in [-0.05, 0) is 39.8 Å². The van der Waals surface area contributed by atoms with Crippen LogP contribution in [0.2, 0.25) is 0 Å². The van der Waals surface area contributed by atoms with Crippen LogP contribution in [0.4, 0.5) is 0 Å². The second-order valence-electron chi connectivity index (χ2n) is 5.39. The molecule has 0 aliphatic carbocycles. The maximum atomic E-state index is 11.3. The standard InChI is InChI=1S/C14H31N5O2S/c1-3-15-14(16-8-9-18-22(20,21)4-2)17-10-13-19-11-6-5-7-12-19/h18H,3-13H2,1-2H3,(H2,15,16,17). The van der Waals surface area contributed by atoms with Crippen LogP contribution in [0.5, 0.6) is 0 Å². The Bertz CT molecular complexity index is 419. The summed E-state index contributed by atoms with van der Waals surface area (Å²) in [6.45, 7) is 9.44. The van der Waals surface area contributed by atoms with Crippen molar-refractivity contribution in [1.29, 1.82) is 0 Å². The molecule has 1 fully saturated rings. The summed E-state index contributed by atoms with van der Waals surface area (Å²) < 4.78 is 25.2. The highest BCUT2D eigenvalue weighted by Gasteiger charge is 2.09. The van der Waals surface area contributed by atoms with Gasteiger partial charge in [0.15, 0.2) is 5.96 Å². The Morgan fingerprint density at radius 2 is 1.82 bits per heavy atom. The van der Waals surface area contributed by atoms with Gasteiger partial charge in [-0.25, -0.2) is 13.1 Å². The minimum absolute atomic E-state index is 0.102. The molecule has 0 aromatic carbocycles. The van der Waals surface area contributed by atoms with E-state index in [1.807, 2.05) is 6.92 Å². The largest absolute Gasteiger partial charge is 0.357 e. The Labute approximate surface area is 135 Å². The first-order chi connectivity index (χ1) is 10.6. The van der Waals surface area contributed by atoms with E-state index in [1.54, 1.807) is 6.92 Å². The molecule has 1 heterocycles. The number of hydrogen-bond donors (Lipinski definition) is 3. The minimum Gasteiger partial charge on any atom is -0.357 e. The van der Waals surface area contributed by atoms with Crippen molar-refractivity contribution in [2.45, 2.75) is 33.1 Å². The fourth-order valence-corrected chi connectivity index (χ4v) is 2.93. The lowest BCUT2D eigenvalue weighted by molar-refractivity contribution is 0.232. The predicted octanol–water partition coefficient (Wildman–Crippen LogP) is -0.0333. The highest BCUT2D eigenvalue weighted by atomic mass is 32.2. The highest BCUT2D eigenvalue weighted by Crippen LogP contribution is 2.07. The van der Waals surface area contributed by atoms with Crippen molar-refractivity contribution in [2.24, 2.45) is 4.99 Å². The third-order valence-electron chi connectivity index (χ3n) is 3.60. The van der Waals surface area contributed by atoms with Crippen molar-refractivity contribution in [3.63, 3.8) is 0 Å². The molecule has 0 radical (unpaired) electrons. The number of nitrogens with zero attached hydrogens (tertiary/aromatic N) is 2. The van der Waals surface area contributed by atoms with Crippen molar-refractivity contribution in [2.75, 3.05) is 51.6 Å². The van der Waals surface area contributed by atoms with Crippen molar-refractivity contribution >= 4 is 16.0 Å². The Balaban J connectivity index is 2.25.